The van der Waals surface area contributed by atoms with Crippen LogP contribution >= 0.6 is 0 Å². The molecule has 2 aliphatic heterocycles. The second-order valence-electron chi connectivity index (χ2n) is 10.5. The second kappa shape index (κ2) is 7.63. The Morgan fingerprint density at radius 2 is 1.65 bits per heavy atom. The maximum atomic E-state index is 13.2. The second-order valence-corrected chi connectivity index (χ2v) is 10.5. The molecule has 5 heteroatoms. The molecule has 2 aromatic rings. The Morgan fingerprint density at radius 3 is 2.32 bits per heavy atom. The molecular formula is C26H34N4O. The summed E-state index contributed by atoms with van der Waals surface area (Å²) in [6, 6.07) is 10.4. The highest BCUT2D eigenvalue weighted by Crippen LogP contribution is 2.45. The zero-order chi connectivity index (χ0) is 21.6. The molecule has 0 saturated carbocycles. The van der Waals surface area contributed by atoms with Gasteiger partial charge in [0.15, 0.2) is 0 Å². The van der Waals surface area contributed by atoms with E-state index in [1.54, 1.807) is 0 Å². The molecule has 5 nitrogen and oxygen atoms in total. The van der Waals surface area contributed by atoms with Gasteiger partial charge < -0.3 is 15.5 Å². The topological polar surface area (TPSA) is 62.5 Å². The Balaban J connectivity index is 1.21. The first kappa shape index (κ1) is 20.5. The average Bonchev–Trinajstić information content (AvgIpc) is 3.03. The summed E-state index contributed by atoms with van der Waals surface area (Å²) in [5.41, 5.74) is 11.5. The van der Waals surface area contributed by atoms with Crippen molar-refractivity contribution < 1.29 is 4.79 Å². The molecule has 31 heavy (non-hydrogen) atoms. The van der Waals surface area contributed by atoms with Crippen LogP contribution in [0.2, 0.25) is 0 Å². The summed E-state index contributed by atoms with van der Waals surface area (Å²) >= 11 is 0. The van der Waals surface area contributed by atoms with Crippen LogP contribution in [0.1, 0.15) is 67.1 Å². The summed E-state index contributed by atoms with van der Waals surface area (Å²) in [6.07, 6.45) is 9.37. The van der Waals surface area contributed by atoms with Gasteiger partial charge in [0, 0.05) is 55.9 Å². The van der Waals surface area contributed by atoms with Gasteiger partial charge in [0.05, 0.1) is 0 Å². The molecule has 2 fully saturated rings. The number of benzene rings is 1. The monoisotopic (exact) mass is 418 g/mol. The van der Waals surface area contributed by atoms with Crippen LogP contribution in [0.15, 0.2) is 42.7 Å². The smallest absolute Gasteiger partial charge is 0.253 e. The lowest BCUT2D eigenvalue weighted by molar-refractivity contribution is 0.0515. The molecule has 1 unspecified atom stereocenters. The number of carbonyl (C=O) groups excluding carboxylic acids is 1. The molecule has 2 saturated heterocycles. The molecule has 0 radical (unpaired) electrons. The van der Waals surface area contributed by atoms with Gasteiger partial charge in [-0.1, -0.05) is 19.9 Å². The number of nitrogens with two attached hydrogens (primary N) is 1. The first-order valence-electron chi connectivity index (χ1n) is 11.7. The number of hydrogen-bond donors (Lipinski definition) is 1. The minimum Gasteiger partial charge on any atom is -0.371 e. The number of fused-ring (bicyclic) bond motifs is 1. The lowest BCUT2D eigenvalue weighted by Crippen LogP contribution is -2.48. The van der Waals surface area contributed by atoms with Crippen molar-refractivity contribution in [2.45, 2.75) is 52.0 Å². The van der Waals surface area contributed by atoms with Crippen LogP contribution < -0.4 is 10.6 Å². The number of hydrogen-bond acceptors (Lipinski definition) is 4. The quantitative estimate of drug-likeness (QED) is 0.794. The van der Waals surface area contributed by atoms with Crippen LogP contribution in [0.4, 0.5) is 5.69 Å². The van der Waals surface area contributed by atoms with E-state index < -0.39 is 0 Å². The standard InChI is InChI=1S/C26H34N4O/c1-25(2)18-20-4-3-19(17-22(20)23(25)27)24(31)30-15-9-26(10-16-30)7-13-29(14-8-26)21-5-11-28-12-6-21/h3-6,11-12,17,23H,7-10,13-16,18,27H2,1-2H3. The minimum absolute atomic E-state index is 0.00505. The molecule has 1 aromatic carbocycles. The Morgan fingerprint density at radius 1 is 1.00 bits per heavy atom. The molecule has 1 atom stereocenters. The van der Waals surface area contributed by atoms with Gasteiger partial charge in [-0.25, -0.2) is 0 Å². The molecule has 164 valence electrons. The highest BCUT2D eigenvalue weighted by Gasteiger charge is 2.40. The Hall–Kier alpha value is -2.40. The summed E-state index contributed by atoms with van der Waals surface area (Å²) < 4.78 is 0. The van der Waals surface area contributed by atoms with Crippen molar-refractivity contribution in [1.29, 1.82) is 0 Å². The molecule has 5 rings (SSSR count). The molecular weight excluding hydrogens is 384 g/mol. The molecule has 1 spiro atoms. The van der Waals surface area contributed by atoms with Gasteiger partial charge in [0.2, 0.25) is 0 Å². The van der Waals surface area contributed by atoms with Crippen molar-refractivity contribution in [3.8, 4) is 0 Å². The summed E-state index contributed by atoms with van der Waals surface area (Å²) in [7, 11) is 0. The third-order valence-corrected chi connectivity index (χ3v) is 8.18. The summed E-state index contributed by atoms with van der Waals surface area (Å²) in [4.78, 5) is 21.9. The SMILES string of the molecule is CC1(C)Cc2ccc(C(=O)N3CCC4(CC3)CCN(c3ccncc3)CC4)cc2C1N. The van der Waals surface area contributed by atoms with E-state index in [9.17, 15) is 4.79 Å². The van der Waals surface area contributed by atoms with Crippen LogP contribution in [-0.2, 0) is 6.42 Å². The lowest BCUT2D eigenvalue weighted by Gasteiger charge is -2.47. The van der Waals surface area contributed by atoms with Crippen LogP contribution in [-0.4, -0.2) is 42.0 Å². The summed E-state index contributed by atoms with van der Waals surface area (Å²) in [5.74, 6) is 0.170. The number of pyridine rings is 1. The predicted molar refractivity (Wildman–Crippen MR) is 124 cm³/mol. The zero-order valence-corrected chi connectivity index (χ0v) is 18.8. The Bertz CT molecular complexity index is 953. The van der Waals surface area contributed by atoms with Crippen LogP contribution in [0, 0.1) is 10.8 Å². The van der Waals surface area contributed by atoms with E-state index >= 15 is 0 Å². The maximum absolute atomic E-state index is 13.2. The van der Waals surface area contributed by atoms with E-state index in [0.29, 0.717) is 5.41 Å². The predicted octanol–water partition coefficient (Wildman–Crippen LogP) is 4.19. The fourth-order valence-corrected chi connectivity index (χ4v) is 5.86. The first-order chi connectivity index (χ1) is 14.9. The van der Waals surface area contributed by atoms with Crippen molar-refractivity contribution in [1.82, 2.24) is 9.88 Å². The fourth-order valence-electron chi connectivity index (χ4n) is 5.86. The fraction of sp³-hybridized carbons (Fsp3) is 0.538. The Labute approximate surface area is 185 Å². The molecule has 2 N–H and O–H groups in total. The molecule has 1 amide bonds. The van der Waals surface area contributed by atoms with Gasteiger partial charge in [0.25, 0.3) is 5.91 Å². The number of likely N-dealkylation sites (tertiary alicyclic amines) is 1. The van der Waals surface area contributed by atoms with Gasteiger partial charge in [-0.3, -0.25) is 9.78 Å². The lowest BCUT2D eigenvalue weighted by atomic mass is 9.71. The van der Waals surface area contributed by atoms with Crippen molar-refractivity contribution in [2.24, 2.45) is 16.6 Å². The van der Waals surface area contributed by atoms with E-state index in [4.69, 9.17) is 5.73 Å². The first-order valence-corrected chi connectivity index (χ1v) is 11.7. The third-order valence-electron chi connectivity index (χ3n) is 8.18. The van der Waals surface area contributed by atoms with Crippen molar-refractivity contribution >= 4 is 11.6 Å². The number of amides is 1. The van der Waals surface area contributed by atoms with E-state index in [0.717, 1.165) is 56.6 Å². The molecule has 3 aliphatic rings. The van der Waals surface area contributed by atoms with Crippen molar-refractivity contribution in [2.75, 3.05) is 31.1 Å². The van der Waals surface area contributed by atoms with Gasteiger partial charge in [-0.2, -0.15) is 0 Å². The number of aromatic nitrogens is 1. The number of nitrogens with zero attached hydrogens (tertiary/aromatic N) is 3. The normalized spacial score (nSPS) is 24.3. The number of piperidine rings is 2. The van der Waals surface area contributed by atoms with Gasteiger partial charge in [-0.05, 0) is 78.3 Å². The summed E-state index contributed by atoms with van der Waals surface area (Å²) in [6.45, 7) is 8.34. The van der Waals surface area contributed by atoms with Crippen LogP contribution in [0.25, 0.3) is 0 Å². The zero-order valence-electron chi connectivity index (χ0n) is 18.8. The Kier molecular flexibility index (Phi) is 5.04. The summed E-state index contributed by atoms with van der Waals surface area (Å²) in [5, 5.41) is 0. The van der Waals surface area contributed by atoms with Crippen molar-refractivity contribution in [3.63, 3.8) is 0 Å². The van der Waals surface area contributed by atoms with E-state index in [1.807, 2.05) is 18.5 Å². The van der Waals surface area contributed by atoms with E-state index in [1.165, 1.54) is 24.1 Å². The maximum Gasteiger partial charge on any atom is 0.253 e. The largest absolute Gasteiger partial charge is 0.371 e. The van der Waals surface area contributed by atoms with Crippen molar-refractivity contribution in [3.05, 3.63) is 59.4 Å². The van der Waals surface area contributed by atoms with Crippen LogP contribution in [0.5, 0.6) is 0 Å². The molecule has 3 heterocycles. The highest BCUT2D eigenvalue weighted by atomic mass is 16.2. The van der Waals surface area contributed by atoms with Gasteiger partial charge in [-0.15, -0.1) is 0 Å². The number of anilines is 1. The van der Waals surface area contributed by atoms with Crippen LogP contribution in [0.3, 0.4) is 0 Å². The molecule has 1 aliphatic carbocycles. The van der Waals surface area contributed by atoms with E-state index in [2.05, 4.69) is 52.9 Å². The van der Waals surface area contributed by atoms with E-state index in [-0.39, 0.29) is 17.4 Å². The molecule has 1 aromatic heterocycles. The number of carbonyl (C=O) groups is 1. The molecule has 0 bridgehead atoms. The average molecular weight is 419 g/mol. The van der Waals surface area contributed by atoms with Gasteiger partial charge in [0.1, 0.15) is 0 Å². The highest BCUT2D eigenvalue weighted by molar-refractivity contribution is 5.94. The third kappa shape index (κ3) is 3.73. The number of rotatable bonds is 2. The van der Waals surface area contributed by atoms with Gasteiger partial charge >= 0.3 is 0 Å². The minimum atomic E-state index is 0.00505.